The number of phenols is 1. The summed E-state index contributed by atoms with van der Waals surface area (Å²) < 4.78 is 67.2. The summed E-state index contributed by atoms with van der Waals surface area (Å²) in [5.74, 6) is -2.34. The second-order valence-electron chi connectivity index (χ2n) is 11.0. The fourth-order valence-electron chi connectivity index (χ4n) is 6.50. The van der Waals surface area contributed by atoms with E-state index in [-0.39, 0.29) is 52.6 Å². The second-order valence-corrected chi connectivity index (χ2v) is 11.0. The summed E-state index contributed by atoms with van der Waals surface area (Å²) in [5.41, 5.74) is -0.749. The van der Waals surface area contributed by atoms with E-state index < -0.39 is 34.7 Å². The van der Waals surface area contributed by atoms with Crippen molar-refractivity contribution in [1.82, 2.24) is 14.9 Å². The Labute approximate surface area is 229 Å². The fraction of sp³-hybridized carbons (Fsp3) is 0.400. The molecule has 2 atom stereocenters. The van der Waals surface area contributed by atoms with Crippen LogP contribution in [0.3, 0.4) is 0 Å². The maximum absolute atomic E-state index is 16.4. The fourth-order valence-corrected chi connectivity index (χ4v) is 6.50. The number of fused-ring (bicyclic) bond motifs is 3. The van der Waals surface area contributed by atoms with Gasteiger partial charge in [-0.15, -0.1) is 0 Å². The predicted molar refractivity (Wildman–Crippen MR) is 146 cm³/mol. The van der Waals surface area contributed by atoms with Crippen molar-refractivity contribution in [3.8, 4) is 22.9 Å². The number of aromatic nitrogens is 2. The van der Waals surface area contributed by atoms with Crippen LogP contribution >= 0.6 is 0 Å². The average Bonchev–Trinajstić information content (AvgIpc) is 3.43. The van der Waals surface area contributed by atoms with Gasteiger partial charge in [-0.1, -0.05) is 13.0 Å². The van der Waals surface area contributed by atoms with Crippen LogP contribution in [-0.4, -0.2) is 65.5 Å². The number of alkyl halides is 1. The van der Waals surface area contributed by atoms with E-state index in [1.54, 1.807) is 25.9 Å². The van der Waals surface area contributed by atoms with Crippen molar-refractivity contribution >= 4 is 27.5 Å². The molecule has 40 heavy (non-hydrogen) atoms. The van der Waals surface area contributed by atoms with E-state index in [2.05, 4.69) is 14.9 Å². The van der Waals surface area contributed by atoms with E-state index in [1.165, 1.54) is 24.3 Å². The number of aryl methyl sites for hydroxylation is 1. The van der Waals surface area contributed by atoms with Crippen molar-refractivity contribution < 1.29 is 27.4 Å². The lowest BCUT2D eigenvalue weighted by molar-refractivity contribution is 0.107. The van der Waals surface area contributed by atoms with Gasteiger partial charge in [0.1, 0.15) is 41.5 Å². The number of anilines is 1. The summed E-state index contributed by atoms with van der Waals surface area (Å²) in [4.78, 5) is 12.5. The molecule has 1 aromatic heterocycles. The molecule has 0 spiro atoms. The number of halogens is 4. The lowest BCUT2D eigenvalue weighted by Gasteiger charge is -2.31. The van der Waals surface area contributed by atoms with Gasteiger partial charge in [-0.3, -0.25) is 4.90 Å². The number of nitrogens with zero attached hydrogens (tertiary/aromatic N) is 4. The highest BCUT2D eigenvalue weighted by Gasteiger charge is 2.49. The average molecular weight is 555 g/mol. The van der Waals surface area contributed by atoms with Crippen LogP contribution in [0.1, 0.15) is 31.7 Å². The molecule has 2 fully saturated rings. The molecule has 3 heterocycles. The number of phenolic OH excluding ortho intramolecular Hbond substituents is 1. The number of rotatable bonds is 6. The third-order valence-electron chi connectivity index (χ3n) is 8.27. The van der Waals surface area contributed by atoms with Gasteiger partial charge in [0.05, 0.1) is 11.1 Å². The molecule has 10 heteroatoms. The summed E-state index contributed by atoms with van der Waals surface area (Å²) in [6, 6.07) is 6.47. The quantitative estimate of drug-likeness (QED) is 0.288. The molecule has 1 N–H and O–H groups in total. The van der Waals surface area contributed by atoms with E-state index in [0.29, 0.717) is 23.7 Å². The Bertz CT molecular complexity index is 1650. The Morgan fingerprint density at radius 2 is 1.93 bits per heavy atom. The van der Waals surface area contributed by atoms with Crippen molar-refractivity contribution in [2.24, 2.45) is 0 Å². The van der Waals surface area contributed by atoms with Crippen LogP contribution < -0.4 is 9.64 Å². The van der Waals surface area contributed by atoms with Crippen LogP contribution in [0.25, 0.3) is 32.8 Å². The van der Waals surface area contributed by atoms with Gasteiger partial charge in [-0.2, -0.15) is 9.97 Å². The largest absolute Gasteiger partial charge is 0.508 e. The normalized spacial score (nSPS) is 20.9. The Hall–Kier alpha value is -3.66. The Balaban J connectivity index is 1.52. The Morgan fingerprint density at radius 1 is 1.12 bits per heavy atom. The van der Waals surface area contributed by atoms with Gasteiger partial charge in [0.25, 0.3) is 0 Å². The SMILES string of the molecule is CCc1c(F)ccc2cc(O)cc(-c3c(F)cc4c(N(C)C)nc(OC[C@@]56CCCN5C[C@H](F)C6)nc4c3F)c12. The molecule has 0 bridgehead atoms. The van der Waals surface area contributed by atoms with Gasteiger partial charge in [0.2, 0.25) is 0 Å². The van der Waals surface area contributed by atoms with Crippen molar-refractivity contribution in [2.75, 3.05) is 38.7 Å². The monoisotopic (exact) mass is 554 g/mol. The Kier molecular flexibility index (Phi) is 6.48. The summed E-state index contributed by atoms with van der Waals surface area (Å²) in [5, 5.41) is 11.3. The van der Waals surface area contributed by atoms with Gasteiger partial charge in [0.15, 0.2) is 5.82 Å². The first-order valence-electron chi connectivity index (χ1n) is 13.5. The zero-order chi connectivity index (χ0) is 28.3. The highest BCUT2D eigenvalue weighted by Crippen LogP contribution is 2.43. The predicted octanol–water partition coefficient (Wildman–Crippen LogP) is 6.16. The standard InChI is InChI=1S/C30H30F4N4O2/c1-4-19-22(32)7-6-16-10-18(39)11-20(24(16)19)25-23(33)12-21-27(26(25)34)35-29(36-28(21)37(2)3)40-15-30-8-5-9-38(30)14-17(31)13-30/h6-7,10-12,17,39H,4-5,8-9,13-15H2,1-3H3/t17-,30+/m1/s1. The molecule has 6 nitrogen and oxygen atoms in total. The molecule has 4 aromatic rings. The van der Waals surface area contributed by atoms with Crippen LogP contribution in [0.4, 0.5) is 23.4 Å². The zero-order valence-corrected chi connectivity index (χ0v) is 22.6. The summed E-state index contributed by atoms with van der Waals surface area (Å²) in [6.45, 7) is 3.06. The number of aromatic hydroxyl groups is 1. The highest BCUT2D eigenvalue weighted by atomic mass is 19.1. The van der Waals surface area contributed by atoms with Crippen LogP contribution in [0.5, 0.6) is 11.8 Å². The summed E-state index contributed by atoms with van der Waals surface area (Å²) in [6.07, 6.45) is 1.42. The van der Waals surface area contributed by atoms with Crippen LogP contribution in [0.15, 0.2) is 30.3 Å². The van der Waals surface area contributed by atoms with E-state index >= 15 is 8.78 Å². The zero-order valence-electron chi connectivity index (χ0n) is 22.6. The second kappa shape index (κ2) is 9.76. The molecule has 0 amide bonds. The molecule has 0 unspecified atom stereocenters. The molecule has 210 valence electrons. The third-order valence-corrected chi connectivity index (χ3v) is 8.27. The molecular weight excluding hydrogens is 524 g/mol. The number of ether oxygens (including phenoxy) is 1. The van der Waals surface area contributed by atoms with E-state index in [4.69, 9.17) is 4.74 Å². The lowest BCUT2D eigenvalue weighted by Crippen LogP contribution is -2.43. The van der Waals surface area contributed by atoms with Crippen molar-refractivity contribution in [1.29, 1.82) is 0 Å². The summed E-state index contributed by atoms with van der Waals surface area (Å²) in [7, 11) is 3.38. The first-order valence-corrected chi connectivity index (χ1v) is 13.5. The molecule has 2 saturated heterocycles. The molecule has 6 rings (SSSR count). The van der Waals surface area contributed by atoms with Crippen molar-refractivity contribution in [2.45, 2.75) is 44.3 Å². The molecule has 2 aliphatic rings. The van der Waals surface area contributed by atoms with Gasteiger partial charge < -0.3 is 14.7 Å². The maximum atomic E-state index is 16.4. The highest BCUT2D eigenvalue weighted by molar-refractivity contribution is 6.03. The summed E-state index contributed by atoms with van der Waals surface area (Å²) >= 11 is 0. The van der Waals surface area contributed by atoms with Crippen LogP contribution in [0.2, 0.25) is 0 Å². The first kappa shape index (κ1) is 26.6. The van der Waals surface area contributed by atoms with Crippen LogP contribution in [0, 0.1) is 17.5 Å². The van der Waals surface area contributed by atoms with Gasteiger partial charge in [-0.05, 0) is 72.0 Å². The number of benzene rings is 3. The molecule has 3 aromatic carbocycles. The minimum Gasteiger partial charge on any atom is -0.508 e. The van der Waals surface area contributed by atoms with E-state index in [1.807, 2.05) is 0 Å². The smallest absolute Gasteiger partial charge is 0.319 e. The number of hydrogen-bond acceptors (Lipinski definition) is 6. The van der Waals surface area contributed by atoms with E-state index in [0.717, 1.165) is 25.5 Å². The minimum absolute atomic E-state index is 0.0242. The molecular formula is C30H30F4N4O2. The molecule has 0 radical (unpaired) electrons. The van der Waals surface area contributed by atoms with E-state index in [9.17, 15) is 13.9 Å². The molecule has 2 aliphatic heterocycles. The molecule has 0 aliphatic carbocycles. The van der Waals surface area contributed by atoms with Crippen LogP contribution in [-0.2, 0) is 6.42 Å². The minimum atomic E-state index is -0.978. The van der Waals surface area contributed by atoms with Crippen molar-refractivity contribution in [3.05, 3.63) is 53.3 Å². The third kappa shape index (κ3) is 4.20. The lowest BCUT2D eigenvalue weighted by atomic mass is 9.91. The van der Waals surface area contributed by atoms with Gasteiger partial charge >= 0.3 is 6.01 Å². The Morgan fingerprint density at radius 3 is 2.67 bits per heavy atom. The first-order chi connectivity index (χ1) is 19.1. The van der Waals surface area contributed by atoms with Crippen molar-refractivity contribution in [3.63, 3.8) is 0 Å². The van der Waals surface area contributed by atoms with Gasteiger partial charge in [-0.25, -0.2) is 17.6 Å². The topological polar surface area (TPSA) is 61.7 Å². The maximum Gasteiger partial charge on any atom is 0.319 e. The van der Waals surface area contributed by atoms with Gasteiger partial charge in [0, 0.05) is 32.4 Å². The number of hydrogen-bond donors (Lipinski definition) is 1. The molecule has 0 saturated carbocycles.